The van der Waals surface area contributed by atoms with Crippen molar-refractivity contribution in [2.75, 3.05) is 11.3 Å². The molecule has 4 rings (SSSR count). The van der Waals surface area contributed by atoms with Crippen LogP contribution in [0.15, 0.2) is 59.9 Å². The van der Waals surface area contributed by atoms with Crippen LogP contribution in [-0.2, 0) is 21.0 Å². The molecule has 9 nitrogen and oxygen atoms in total. The van der Waals surface area contributed by atoms with Gasteiger partial charge in [-0.05, 0) is 55.5 Å². The lowest BCUT2D eigenvalue weighted by atomic mass is 9.79. The van der Waals surface area contributed by atoms with Gasteiger partial charge in [-0.15, -0.1) is 0 Å². The van der Waals surface area contributed by atoms with Crippen LogP contribution in [-0.4, -0.2) is 48.7 Å². The van der Waals surface area contributed by atoms with Crippen molar-refractivity contribution in [3.05, 3.63) is 77.0 Å². The summed E-state index contributed by atoms with van der Waals surface area (Å²) in [6, 6.07) is 8.25. The number of likely N-dealkylation sites (N-methyl/N-ethyl adjacent to an activating group) is 1. The van der Waals surface area contributed by atoms with Crippen molar-refractivity contribution in [1.29, 1.82) is 0 Å². The Morgan fingerprint density at radius 1 is 1.20 bits per heavy atom. The molecule has 0 bridgehead atoms. The summed E-state index contributed by atoms with van der Waals surface area (Å²) >= 11 is 6.30. The van der Waals surface area contributed by atoms with Gasteiger partial charge in [-0.25, -0.2) is 22.8 Å². The van der Waals surface area contributed by atoms with Gasteiger partial charge < -0.3 is 15.2 Å². The van der Waals surface area contributed by atoms with Crippen molar-refractivity contribution >= 4 is 33.9 Å². The molecule has 3 N–H and O–H groups in total. The highest BCUT2D eigenvalue weighted by Crippen LogP contribution is 2.39. The van der Waals surface area contributed by atoms with Crippen LogP contribution in [0.3, 0.4) is 0 Å². The second kappa shape index (κ2) is 13.9. The molecule has 3 aromatic rings. The summed E-state index contributed by atoms with van der Waals surface area (Å²) in [6.45, 7) is 2.22. The minimum atomic E-state index is -4.43. The number of nitrogens with one attached hydrogen (secondary N) is 2. The summed E-state index contributed by atoms with van der Waals surface area (Å²) < 4.78 is 88.1. The van der Waals surface area contributed by atoms with Gasteiger partial charge in [-0.1, -0.05) is 36.7 Å². The zero-order valence-electron chi connectivity index (χ0n) is 21.6. The Hall–Kier alpha value is -3.49. The Morgan fingerprint density at radius 3 is 2.56 bits per heavy atom. The number of nitrogens with zero attached hydrogens (tertiary/aromatic N) is 2. The highest BCUT2D eigenvalue weighted by Gasteiger charge is 2.35. The van der Waals surface area contributed by atoms with Crippen LogP contribution in [0.5, 0.6) is 5.75 Å². The van der Waals surface area contributed by atoms with Gasteiger partial charge in [0.05, 0.1) is 10.6 Å². The summed E-state index contributed by atoms with van der Waals surface area (Å²) in [5, 5.41) is 10.1. The lowest BCUT2D eigenvalue weighted by molar-refractivity contribution is -0.137. The molecule has 1 aliphatic rings. The van der Waals surface area contributed by atoms with Gasteiger partial charge in [0.25, 0.3) is 16.5 Å². The Kier molecular flexibility index (Phi) is 10.9. The standard InChI is InChI=1S/C25H25ClF4N4O3S.CH2O2/c1-2-32-20-11-16(15-4-3-5-17(10-15)25(28,29)30)6-7-21(20)37-22-13-19(27)23(12-18(22)26)38(35,36)34-24-8-9-31-14-33-24;2-1-3/h3-5,8-10,12-14,16,20-21,32H,2,6-7,11H2,1H3,(H,31,33,34);1H,(H,2,3)/t16-,20-,21-;/m0./s1. The Bertz CT molecular complexity index is 1430. The van der Waals surface area contributed by atoms with E-state index in [1.807, 2.05) is 6.92 Å². The molecule has 0 saturated heterocycles. The Morgan fingerprint density at radius 2 is 1.93 bits per heavy atom. The van der Waals surface area contributed by atoms with Crippen molar-refractivity contribution in [1.82, 2.24) is 15.3 Å². The van der Waals surface area contributed by atoms with E-state index in [-0.39, 0.29) is 35.0 Å². The molecule has 0 aliphatic heterocycles. The number of rotatable bonds is 8. The molecular formula is C26H27ClF4N4O5S. The van der Waals surface area contributed by atoms with E-state index in [1.54, 1.807) is 6.07 Å². The number of sulfonamides is 1. The molecule has 1 heterocycles. The predicted molar refractivity (Wildman–Crippen MR) is 143 cm³/mol. The first kappa shape index (κ1) is 32.0. The third-order valence-electron chi connectivity index (χ3n) is 6.31. The van der Waals surface area contributed by atoms with Gasteiger partial charge in [-0.3, -0.25) is 9.52 Å². The number of halogens is 5. The fourth-order valence-corrected chi connectivity index (χ4v) is 5.91. The fourth-order valence-electron chi connectivity index (χ4n) is 4.55. The minimum Gasteiger partial charge on any atom is -0.487 e. The van der Waals surface area contributed by atoms with Crippen molar-refractivity contribution < 1.29 is 40.6 Å². The summed E-state index contributed by atoms with van der Waals surface area (Å²) in [5.41, 5.74) is -0.101. The van der Waals surface area contributed by atoms with Gasteiger partial charge in [0.2, 0.25) is 0 Å². The van der Waals surface area contributed by atoms with Crippen LogP contribution < -0.4 is 14.8 Å². The second-order valence-corrected chi connectivity index (χ2v) is 11.0. The molecule has 0 amide bonds. The van der Waals surface area contributed by atoms with Crippen LogP contribution >= 0.6 is 11.6 Å². The summed E-state index contributed by atoms with van der Waals surface area (Å²) in [5.74, 6) is -1.27. The third-order valence-corrected chi connectivity index (χ3v) is 7.98. The minimum absolute atomic E-state index is 0.0319. The first-order valence-electron chi connectivity index (χ1n) is 12.3. The average Bonchev–Trinajstić information content (AvgIpc) is 2.92. The molecule has 1 saturated carbocycles. The van der Waals surface area contributed by atoms with E-state index in [0.29, 0.717) is 31.4 Å². The van der Waals surface area contributed by atoms with Crippen molar-refractivity contribution in [3.63, 3.8) is 0 Å². The maximum atomic E-state index is 14.9. The number of hydrogen-bond acceptors (Lipinski definition) is 7. The van der Waals surface area contributed by atoms with E-state index < -0.39 is 38.6 Å². The number of alkyl halides is 3. The van der Waals surface area contributed by atoms with E-state index in [1.165, 1.54) is 24.4 Å². The smallest absolute Gasteiger partial charge is 0.416 e. The SMILES string of the molecule is CCN[C@H]1C[C@@H](c2cccc(C(F)(F)F)c2)CC[C@@H]1Oc1cc(F)c(S(=O)(=O)Nc2ccncn2)cc1Cl.O=CO. The molecule has 0 spiro atoms. The number of ether oxygens (including phenoxy) is 1. The van der Waals surface area contributed by atoms with Gasteiger partial charge in [0, 0.05) is 18.3 Å². The monoisotopic (exact) mass is 618 g/mol. The predicted octanol–water partition coefficient (Wildman–Crippen LogP) is 5.48. The molecule has 15 heteroatoms. The quantitative estimate of drug-likeness (QED) is 0.223. The number of aromatic nitrogens is 2. The van der Waals surface area contributed by atoms with Crippen LogP contribution in [0.4, 0.5) is 23.4 Å². The normalized spacial score (nSPS) is 19.0. The van der Waals surface area contributed by atoms with Gasteiger partial charge in [0.1, 0.15) is 34.7 Å². The topological polar surface area (TPSA) is 131 Å². The molecular weight excluding hydrogens is 592 g/mol. The first-order valence-corrected chi connectivity index (χ1v) is 14.2. The highest BCUT2D eigenvalue weighted by molar-refractivity contribution is 7.92. The summed E-state index contributed by atoms with van der Waals surface area (Å²) in [4.78, 5) is 15.1. The first-order chi connectivity index (χ1) is 19.4. The number of carbonyl (C=O) groups is 1. The maximum absolute atomic E-state index is 14.9. The van der Waals surface area contributed by atoms with E-state index in [9.17, 15) is 26.0 Å². The second-order valence-electron chi connectivity index (χ2n) is 8.97. The van der Waals surface area contributed by atoms with Crippen LogP contribution in [0, 0.1) is 5.82 Å². The van der Waals surface area contributed by atoms with E-state index >= 15 is 0 Å². The Labute approximate surface area is 239 Å². The van der Waals surface area contributed by atoms with Crippen molar-refractivity contribution in [3.8, 4) is 5.75 Å². The van der Waals surface area contributed by atoms with Crippen molar-refractivity contribution in [2.45, 2.75) is 55.3 Å². The number of hydrogen-bond donors (Lipinski definition) is 3. The van der Waals surface area contributed by atoms with Crippen LogP contribution in [0.1, 0.15) is 43.2 Å². The molecule has 1 aromatic heterocycles. The maximum Gasteiger partial charge on any atom is 0.416 e. The molecule has 0 unspecified atom stereocenters. The molecule has 2 aromatic carbocycles. The van der Waals surface area contributed by atoms with Crippen molar-refractivity contribution in [2.24, 2.45) is 0 Å². The molecule has 0 radical (unpaired) electrons. The molecule has 3 atom stereocenters. The number of anilines is 1. The van der Waals surface area contributed by atoms with E-state index in [2.05, 4.69) is 20.0 Å². The molecule has 222 valence electrons. The number of carboxylic acid groups (broad SMARTS) is 1. The lowest BCUT2D eigenvalue weighted by Gasteiger charge is -2.37. The fraction of sp³-hybridized carbons (Fsp3) is 0.346. The lowest BCUT2D eigenvalue weighted by Crippen LogP contribution is -2.46. The average molecular weight is 619 g/mol. The third kappa shape index (κ3) is 8.50. The Balaban J connectivity index is 0.00000147. The molecule has 1 aliphatic carbocycles. The van der Waals surface area contributed by atoms with E-state index in [0.717, 1.165) is 24.5 Å². The zero-order valence-corrected chi connectivity index (χ0v) is 23.2. The molecule has 41 heavy (non-hydrogen) atoms. The summed E-state index contributed by atoms with van der Waals surface area (Å²) in [7, 11) is -4.34. The van der Waals surface area contributed by atoms with Gasteiger partial charge in [0.15, 0.2) is 0 Å². The largest absolute Gasteiger partial charge is 0.487 e. The van der Waals surface area contributed by atoms with Gasteiger partial charge >= 0.3 is 6.18 Å². The van der Waals surface area contributed by atoms with Gasteiger partial charge in [-0.2, -0.15) is 13.2 Å². The number of benzene rings is 2. The van der Waals surface area contributed by atoms with Crippen LogP contribution in [0.25, 0.3) is 0 Å². The molecule has 1 fully saturated rings. The highest BCUT2D eigenvalue weighted by atomic mass is 35.5. The van der Waals surface area contributed by atoms with Crippen LogP contribution in [0.2, 0.25) is 5.02 Å². The summed E-state index contributed by atoms with van der Waals surface area (Å²) in [6.07, 6.45) is -0.920. The zero-order chi connectivity index (χ0) is 30.2. The van der Waals surface area contributed by atoms with E-state index in [4.69, 9.17) is 26.2 Å².